The molecule has 0 unspecified atom stereocenters. The number of hydrogen-bond donors (Lipinski definition) is 2. The van der Waals surface area contributed by atoms with Crippen molar-refractivity contribution in [2.45, 2.75) is 30.8 Å². The highest BCUT2D eigenvalue weighted by Gasteiger charge is 2.21. The number of benzene rings is 1. The fourth-order valence-corrected chi connectivity index (χ4v) is 3.33. The molecule has 0 aromatic heterocycles. The molecule has 1 aromatic carbocycles. The molecule has 0 aliphatic carbocycles. The van der Waals surface area contributed by atoms with Crippen molar-refractivity contribution in [2.24, 2.45) is 0 Å². The van der Waals surface area contributed by atoms with E-state index in [0.29, 0.717) is 12.2 Å². The van der Waals surface area contributed by atoms with Gasteiger partial charge in [-0.3, -0.25) is 4.79 Å². The quantitative estimate of drug-likeness (QED) is 0.843. The highest BCUT2D eigenvalue weighted by molar-refractivity contribution is 7.89. The Morgan fingerprint density at radius 1 is 1.43 bits per heavy atom. The standard InChI is InChI=1S/C14H20N2O4S/c1-10-5-6-12(8-13(10)14(17)15-2)21(18,19)16-9-11-4-3-7-20-11/h5-6,8,11,16H,3-4,7,9H2,1-2H3,(H,15,17)/t11-/m0/s1. The molecule has 1 aromatic rings. The summed E-state index contributed by atoms with van der Waals surface area (Å²) in [5, 5.41) is 2.50. The number of sulfonamides is 1. The van der Waals surface area contributed by atoms with Gasteiger partial charge in [-0.15, -0.1) is 0 Å². The van der Waals surface area contributed by atoms with Gasteiger partial charge in [0.05, 0.1) is 11.0 Å². The zero-order valence-corrected chi connectivity index (χ0v) is 13.0. The summed E-state index contributed by atoms with van der Waals surface area (Å²) in [6.07, 6.45) is 1.75. The summed E-state index contributed by atoms with van der Waals surface area (Å²) in [6, 6.07) is 4.52. The van der Waals surface area contributed by atoms with E-state index in [1.54, 1.807) is 13.0 Å². The third-order valence-electron chi connectivity index (χ3n) is 3.52. The molecular weight excluding hydrogens is 292 g/mol. The topological polar surface area (TPSA) is 84.5 Å². The van der Waals surface area contributed by atoms with Crippen LogP contribution in [0.4, 0.5) is 0 Å². The van der Waals surface area contributed by atoms with Crippen molar-refractivity contribution in [1.29, 1.82) is 0 Å². The summed E-state index contributed by atoms with van der Waals surface area (Å²) in [6.45, 7) is 2.70. The molecule has 6 nitrogen and oxygen atoms in total. The minimum absolute atomic E-state index is 0.0661. The van der Waals surface area contributed by atoms with E-state index in [4.69, 9.17) is 4.74 Å². The molecule has 0 saturated carbocycles. The number of amides is 1. The van der Waals surface area contributed by atoms with Crippen LogP contribution in [0.1, 0.15) is 28.8 Å². The molecule has 1 atom stereocenters. The summed E-state index contributed by atoms with van der Waals surface area (Å²) < 4.78 is 32.5. The number of ether oxygens (including phenoxy) is 1. The molecule has 1 aliphatic rings. The maximum absolute atomic E-state index is 12.3. The normalized spacial score (nSPS) is 18.7. The van der Waals surface area contributed by atoms with Gasteiger partial charge in [-0.25, -0.2) is 13.1 Å². The Bertz CT molecular complexity index is 622. The molecule has 0 spiro atoms. The van der Waals surface area contributed by atoms with E-state index < -0.39 is 10.0 Å². The Balaban J connectivity index is 2.17. The molecule has 1 saturated heterocycles. The molecule has 2 rings (SSSR count). The maximum atomic E-state index is 12.3. The van der Waals surface area contributed by atoms with Gasteiger partial charge in [-0.2, -0.15) is 0 Å². The first-order chi connectivity index (χ1) is 9.94. The van der Waals surface area contributed by atoms with Gasteiger partial charge in [0.15, 0.2) is 0 Å². The Kier molecular flexibility index (Phi) is 4.97. The van der Waals surface area contributed by atoms with Crippen LogP contribution in [0.3, 0.4) is 0 Å². The number of carbonyl (C=O) groups is 1. The van der Waals surface area contributed by atoms with Gasteiger partial charge in [0.25, 0.3) is 5.91 Å². The number of aryl methyl sites for hydroxylation is 1. The van der Waals surface area contributed by atoms with Crippen LogP contribution in [-0.2, 0) is 14.8 Å². The molecule has 21 heavy (non-hydrogen) atoms. The van der Waals surface area contributed by atoms with E-state index in [2.05, 4.69) is 10.0 Å². The van der Waals surface area contributed by atoms with Crippen molar-refractivity contribution in [2.75, 3.05) is 20.2 Å². The van der Waals surface area contributed by atoms with Crippen LogP contribution in [0.2, 0.25) is 0 Å². The van der Waals surface area contributed by atoms with Crippen molar-refractivity contribution in [3.8, 4) is 0 Å². The fraction of sp³-hybridized carbons (Fsp3) is 0.500. The number of rotatable bonds is 5. The summed E-state index contributed by atoms with van der Waals surface area (Å²) in [4.78, 5) is 11.8. The van der Waals surface area contributed by atoms with Crippen LogP contribution < -0.4 is 10.0 Å². The number of carbonyl (C=O) groups excluding carboxylic acids is 1. The second kappa shape index (κ2) is 6.55. The molecule has 2 N–H and O–H groups in total. The first-order valence-electron chi connectivity index (χ1n) is 6.88. The lowest BCUT2D eigenvalue weighted by molar-refractivity contribution is 0.0962. The lowest BCUT2D eigenvalue weighted by Crippen LogP contribution is -2.32. The third-order valence-corrected chi connectivity index (χ3v) is 4.94. The highest BCUT2D eigenvalue weighted by atomic mass is 32.2. The van der Waals surface area contributed by atoms with Gasteiger partial charge in [0, 0.05) is 25.8 Å². The second-order valence-corrected chi connectivity index (χ2v) is 6.81. The van der Waals surface area contributed by atoms with E-state index in [9.17, 15) is 13.2 Å². The van der Waals surface area contributed by atoms with Crippen LogP contribution in [0.5, 0.6) is 0 Å². The smallest absolute Gasteiger partial charge is 0.251 e. The Morgan fingerprint density at radius 2 is 2.19 bits per heavy atom. The van der Waals surface area contributed by atoms with Crippen molar-refractivity contribution >= 4 is 15.9 Å². The zero-order valence-electron chi connectivity index (χ0n) is 12.2. The highest BCUT2D eigenvalue weighted by Crippen LogP contribution is 2.17. The molecule has 116 valence electrons. The van der Waals surface area contributed by atoms with E-state index in [1.165, 1.54) is 19.2 Å². The summed E-state index contributed by atoms with van der Waals surface area (Å²) in [5.74, 6) is -0.302. The predicted octanol–water partition coefficient (Wildman–Crippen LogP) is 0.812. The summed E-state index contributed by atoms with van der Waals surface area (Å²) >= 11 is 0. The predicted molar refractivity (Wildman–Crippen MR) is 78.7 cm³/mol. The minimum atomic E-state index is -3.64. The lowest BCUT2D eigenvalue weighted by atomic mass is 10.1. The first-order valence-corrected chi connectivity index (χ1v) is 8.36. The van der Waals surface area contributed by atoms with E-state index in [0.717, 1.165) is 18.4 Å². The average Bonchev–Trinajstić information content (AvgIpc) is 2.98. The van der Waals surface area contributed by atoms with Crippen molar-refractivity contribution < 1.29 is 17.9 Å². The number of nitrogens with one attached hydrogen (secondary N) is 2. The van der Waals surface area contributed by atoms with Crippen LogP contribution in [0, 0.1) is 6.92 Å². The van der Waals surface area contributed by atoms with Gasteiger partial charge in [0.2, 0.25) is 10.0 Å². The SMILES string of the molecule is CNC(=O)c1cc(S(=O)(=O)NC[C@@H]2CCCO2)ccc1C. The van der Waals surface area contributed by atoms with Crippen molar-refractivity contribution in [1.82, 2.24) is 10.0 Å². The third kappa shape index (κ3) is 3.81. The summed E-state index contributed by atoms with van der Waals surface area (Å²) in [7, 11) is -2.13. The Morgan fingerprint density at radius 3 is 2.81 bits per heavy atom. The van der Waals surface area contributed by atoms with E-state index in [-0.39, 0.29) is 23.5 Å². The van der Waals surface area contributed by atoms with Crippen LogP contribution in [0.25, 0.3) is 0 Å². The zero-order chi connectivity index (χ0) is 15.5. The van der Waals surface area contributed by atoms with Gasteiger partial charge < -0.3 is 10.1 Å². The van der Waals surface area contributed by atoms with Gasteiger partial charge >= 0.3 is 0 Å². The first kappa shape index (κ1) is 15.9. The average molecular weight is 312 g/mol. The van der Waals surface area contributed by atoms with E-state index >= 15 is 0 Å². The number of hydrogen-bond acceptors (Lipinski definition) is 4. The van der Waals surface area contributed by atoms with Gasteiger partial charge in [0.1, 0.15) is 0 Å². The molecular formula is C14H20N2O4S. The Labute approximate surface area is 124 Å². The fourth-order valence-electron chi connectivity index (χ4n) is 2.24. The Hall–Kier alpha value is -1.44. The maximum Gasteiger partial charge on any atom is 0.251 e. The monoisotopic (exact) mass is 312 g/mol. The molecule has 1 aliphatic heterocycles. The van der Waals surface area contributed by atoms with Crippen molar-refractivity contribution in [3.63, 3.8) is 0 Å². The minimum Gasteiger partial charge on any atom is -0.377 e. The van der Waals surface area contributed by atoms with Crippen LogP contribution in [0.15, 0.2) is 23.1 Å². The van der Waals surface area contributed by atoms with Crippen LogP contribution >= 0.6 is 0 Å². The molecule has 1 heterocycles. The summed E-state index contributed by atoms with van der Waals surface area (Å²) in [5.41, 5.74) is 1.09. The van der Waals surface area contributed by atoms with Gasteiger partial charge in [-0.05, 0) is 37.5 Å². The molecule has 0 bridgehead atoms. The van der Waals surface area contributed by atoms with Crippen molar-refractivity contribution in [3.05, 3.63) is 29.3 Å². The molecule has 7 heteroatoms. The second-order valence-electron chi connectivity index (χ2n) is 5.04. The molecule has 1 fully saturated rings. The largest absolute Gasteiger partial charge is 0.377 e. The molecule has 0 radical (unpaired) electrons. The molecule has 1 amide bonds. The van der Waals surface area contributed by atoms with Crippen LogP contribution in [-0.4, -0.2) is 40.6 Å². The van der Waals surface area contributed by atoms with Gasteiger partial charge in [-0.1, -0.05) is 6.07 Å². The van der Waals surface area contributed by atoms with E-state index in [1.807, 2.05) is 0 Å². The lowest BCUT2D eigenvalue weighted by Gasteiger charge is -2.12.